The molecule has 0 saturated heterocycles. The highest BCUT2D eigenvalue weighted by Gasteiger charge is 2.48. The SMILES string of the molecule is COc1ccc(-c2cccc(C(=O)CS(C)(=O)=O)n2)cc1C1C2=C(CC(C)(C)CC2=O)OC2=C1C(=O)CC(C)(C)C2. The van der Waals surface area contributed by atoms with Gasteiger partial charge in [-0.3, -0.25) is 14.4 Å². The number of carbonyl (C=O) groups excluding carboxylic acids is 3. The maximum absolute atomic E-state index is 13.7. The van der Waals surface area contributed by atoms with E-state index in [9.17, 15) is 22.8 Å². The van der Waals surface area contributed by atoms with Gasteiger partial charge in [-0.25, -0.2) is 13.4 Å². The van der Waals surface area contributed by atoms with Crippen LogP contribution in [0, 0.1) is 10.8 Å². The van der Waals surface area contributed by atoms with E-state index in [1.165, 1.54) is 6.07 Å². The van der Waals surface area contributed by atoms with Crippen LogP contribution in [0.25, 0.3) is 11.3 Å². The summed E-state index contributed by atoms with van der Waals surface area (Å²) in [4.78, 5) is 44.5. The van der Waals surface area contributed by atoms with Gasteiger partial charge in [-0.05, 0) is 41.2 Å². The fourth-order valence-electron chi connectivity index (χ4n) is 6.17. The van der Waals surface area contributed by atoms with Crippen LogP contribution in [0.15, 0.2) is 59.1 Å². The Bertz CT molecular complexity index is 1610. The first-order valence-electron chi connectivity index (χ1n) is 13.6. The van der Waals surface area contributed by atoms with Crippen LogP contribution in [0.4, 0.5) is 0 Å². The molecule has 0 bridgehead atoms. The lowest BCUT2D eigenvalue weighted by Gasteiger charge is -2.43. The van der Waals surface area contributed by atoms with E-state index in [1.54, 1.807) is 31.4 Å². The number of sulfone groups is 1. The summed E-state index contributed by atoms with van der Waals surface area (Å²) < 4.78 is 35.5. The molecule has 8 nitrogen and oxygen atoms in total. The van der Waals surface area contributed by atoms with E-state index in [0.717, 1.165) is 6.26 Å². The highest BCUT2D eigenvalue weighted by Crippen LogP contribution is 2.54. The molecule has 0 N–H and O–H groups in total. The summed E-state index contributed by atoms with van der Waals surface area (Å²) in [5, 5.41) is 0. The van der Waals surface area contributed by atoms with E-state index < -0.39 is 27.3 Å². The molecule has 3 aliphatic rings. The fraction of sp³-hybridized carbons (Fsp3) is 0.438. The molecule has 2 heterocycles. The van der Waals surface area contributed by atoms with Crippen molar-refractivity contribution in [3.63, 3.8) is 0 Å². The van der Waals surface area contributed by atoms with Crippen molar-refractivity contribution in [2.24, 2.45) is 10.8 Å². The number of hydrogen-bond acceptors (Lipinski definition) is 8. The fourth-order valence-corrected chi connectivity index (χ4v) is 6.79. The molecule has 1 aliphatic heterocycles. The van der Waals surface area contributed by atoms with Crippen LogP contribution in [0.1, 0.15) is 75.3 Å². The molecule has 0 unspecified atom stereocenters. The van der Waals surface area contributed by atoms with Gasteiger partial charge in [0.05, 0.1) is 18.7 Å². The Morgan fingerprint density at radius 2 is 1.54 bits per heavy atom. The van der Waals surface area contributed by atoms with Crippen LogP contribution in [0.3, 0.4) is 0 Å². The lowest BCUT2D eigenvalue weighted by atomic mass is 9.65. The summed E-state index contributed by atoms with van der Waals surface area (Å²) in [7, 11) is -1.98. The average molecular weight is 578 g/mol. The number of methoxy groups -OCH3 is 1. The molecule has 0 saturated carbocycles. The lowest BCUT2D eigenvalue weighted by Crippen LogP contribution is -2.37. The Balaban J connectivity index is 1.68. The number of aromatic nitrogens is 1. The van der Waals surface area contributed by atoms with Gasteiger partial charge in [0.25, 0.3) is 0 Å². The normalized spacial score (nSPS) is 20.3. The van der Waals surface area contributed by atoms with Gasteiger partial charge in [-0.2, -0.15) is 0 Å². The van der Waals surface area contributed by atoms with Crippen molar-refractivity contribution in [2.45, 2.75) is 59.3 Å². The molecule has 1 aromatic heterocycles. The first kappa shape index (κ1) is 28.9. The Kier molecular flexibility index (Phi) is 7.09. The third kappa shape index (κ3) is 5.77. The molecule has 9 heteroatoms. The Hall–Kier alpha value is -3.59. The number of ether oxygens (including phenoxy) is 2. The first-order chi connectivity index (χ1) is 19.1. The van der Waals surface area contributed by atoms with Crippen molar-refractivity contribution in [1.82, 2.24) is 4.98 Å². The van der Waals surface area contributed by atoms with Gasteiger partial charge in [0.2, 0.25) is 0 Å². The number of pyridine rings is 1. The van der Waals surface area contributed by atoms with Crippen molar-refractivity contribution in [1.29, 1.82) is 0 Å². The monoisotopic (exact) mass is 577 g/mol. The number of nitrogens with zero attached hydrogens (tertiary/aromatic N) is 1. The van der Waals surface area contributed by atoms with Gasteiger partial charge in [0.15, 0.2) is 27.2 Å². The maximum Gasteiger partial charge on any atom is 0.196 e. The first-order valence-corrected chi connectivity index (χ1v) is 15.7. The summed E-state index contributed by atoms with van der Waals surface area (Å²) in [5.74, 6) is -0.259. The van der Waals surface area contributed by atoms with Gasteiger partial charge in [-0.15, -0.1) is 0 Å². The maximum atomic E-state index is 13.7. The molecule has 0 radical (unpaired) electrons. The molecule has 1 aromatic carbocycles. The number of Topliss-reactive ketones (excluding diaryl/α,β-unsaturated/α-hetero) is 3. The molecule has 2 aromatic rings. The van der Waals surface area contributed by atoms with Gasteiger partial charge < -0.3 is 9.47 Å². The summed E-state index contributed by atoms with van der Waals surface area (Å²) in [6.45, 7) is 8.16. The van der Waals surface area contributed by atoms with Crippen LogP contribution < -0.4 is 4.74 Å². The molecular formula is C32H35NO7S. The molecule has 2 aliphatic carbocycles. The lowest BCUT2D eigenvalue weighted by molar-refractivity contribution is -0.120. The predicted octanol–water partition coefficient (Wildman–Crippen LogP) is 5.38. The topological polar surface area (TPSA) is 117 Å². The standard InChI is InChI=1S/C32H35NO7S/c1-31(2)13-22(34)29-26(15-31)40-27-16-32(3,4)14-23(35)30(27)28(29)19-12-18(10-11-25(19)39-5)20-8-7-9-21(33-20)24(36)17-41(6,37)38/h7-12,28H,13-17H2,1-6H3. The molecule has 41 heavy (non-hydrogen) atoms. The highest BCUT2D eigenvalue weighted by molar-refractivity contribution is 7.91. The van der Waals surface area contributed by atoms with E-state index in [1.807, 2.05) is 33.8 Å². The Morgan fingerprint density at radius 3 is 2.07 bits per heavy atom. The van der Waals surface area contributed by atoms with Crippen LogP contribution in [0.2, 0.25) is 0 Å². The van der Waals surface area contributed by atoms with E-state index in [2.05, 4.69) is 4.98 Å². The van der Waals surface area contributed by atoms with E-state index in [4.69, 9.17) is 9.47 Å². The number of allylic oxidation sites excluding steroid dienone is 4. The summed E-state index contributed by atoms with van der Waals surface area (Å²) in [5.41, 5.74) is 2.22. The second kappa shape index (κ2) is 10.0. The minimum absolute atomic E-state index is 0.0423. The number of hydrogen-bond donors (Lipinski definition) is 0. The van der Waals surface area contributed by atoms with E-state index in [0.29, 0.717) is 70.9 Å². The predicted molar refractivity (Wildman–Crippen MR) is 154 cm³/mol. The quantitative estimate of drug-likeness (QED) is 0.420. The van der Waals surface area contributed by atoms with Crippen molar-refractivity contribution < 1.29 is 32.3 Å². The molecule has 0 fully saturated rings. The van der Waals surface area contributed by atoms with Crippen LogP contribution in [-0.4, -0.2) is 49.9 Å². The second-order valence-corrected chi connectivity index (χ2v) is 15.1. The summed E-state index contributed by atoms with van der Waals surface area (Å²) in [6, 6.07) is 10.3. The largest absolute Gasteiger partial charge is 0.496 e. The molecule has 0 amide bonds. The number of benzene rings is 1. The zero-order chi connectivity index (χ0) is 29.9. The third-order valence-corrected chi connectivity index (χ3v) is 8.63. The van der Waals surface area contributed by atoms with Crippen molar-refractivity contribution in [2.75, 3.05) is 19.1 Å². The average Bonchev–Trinajstić information content (AvgIpc) is 2.84. The van der Waals surface area contributed by atoms with Crippen molar-refractivity contribution >= 4 is 27.2 Å². The second-order valence-electron chi connectivity index (χ2n) is 12.9. The van der Waals surface area contributed by atoms with Crippen LogP contribution in [-0.2, 0) is 24.2 Å². The Labute approximate surface area is 240 Å². The molecular weight excluding hydrogens is 542 g/mol. The smallest absolute Gasteiger partial charge is 0.196 e. The number of ketones is 3. The minimum Gasteiger partial charge on any atom is -0.496 e. The molecule has 216 valence electrons. The van der Waals surface area contributed by atoms with E-state index in [-0.39, 0.29) is 28.1 Å². The van der Waals surface area contributed by atoms with Crippen LogP contribution in [0.5, 0.6) is 5.75 Å². The Morgan fingerprint density at radius 1 is 0.951 bits per heavy atom. The molecule has 5 rings (SSSR count). The summed E-state index contributed by atoms with van der Waals surface area (Å²) in [6.07, 6.45) is 2.82. The highest BCUT2D eigenvalue weighted by atomic mass is 32.2. The molecule has 0 spiro atoms. The van der Waals surface area contributed by atoms with Gasteiger partial charge in [-0.1, -0.05) is 33.8 Å². The van der Waals surface area contributed by atoms with Gasteiger partial charge >= 0.3 is 0 Å². The molecule has 0 atom stereocenters. The zero-order valence-electron chi connectivity index (χ0n) is 24.3. The van der Waals surface area contributed by atoms with Crippen LogP contribution >= 0.6 is 0 Å². The minimum atomic E-state index is -3.52. The van der Waals surface area contributed by atoms with Crippen molar-refractivity contribution in [3.8, 4) is 17.0 Å². The van der Waals surface area contributed by atoms with E-state index >= 15 is 0 Å². The van der Waals surface area contributed by atoms with Gasteiger partial charge in [0, 0.05) is 54.2 Å². The summed E-state index contributed by atoms with van der Waals surface area (Å²) >= 11 is 0. The van der Waals surface area contributed by atoms with Crippen molar-refractivity contribution in [3.05, 3.63) is 70.3 Å². The third-order valence-electron chi connectivity index (χ3n) is 7.85. The number of carbonyl (C=O) groups is 3. The number of rotatable bonds is 6. The zero-order valence-corrected chi connectivity index (χ0v) is 25.1. The van der Waals surface area contributed by atoms with Gasteiger partial charge in [0.1, 0.15) is 28.7 Å².